The molecule has 3 rings (SSSR count). The number of hydrogen-bond donors (Lipinski definition) is 1. The van der Waals surface area contributed by atoms with Crippen molar-refractivity contribution in [3.63, 3.8) is 0 Å². The van der Waals surface area contributed by atoms with Crippen molar-refractivity contribution in [2.24, 2.45) is 0 Å². The van der Waals surface area contributed by atoms with Crippen LogP contribution in [0.1, 0.15) is 10.4 Å². The van der Waals surface area contributed by atoms with Crippen molar-refractivity contribution in [3.8, 4) is 0 Å². The molecule has 0 fully saturated rings. The summed E-state index contributed by atoms with van der Waals surface area (Å²) in [4.78, 5) is 18.7. The Morgan fingerprint density at radius 2 is 1.73 bits per heavy atom. The van der Waals surface area contributed by atoms with Gasteiger partial charge in [0.2, 0.25) is 0 Å². The van der Waals surface area contributed by atoms with Gasteiger partial charge in [0.25, 0.3) is 5.91 Å². The summed E-state index contributed by atoms with van der Waals surface area (Å²) in [6.07, 6.45) is 1.73. The van der Waals surface area contributed by atoms with E-state index in [9.17, 15) is 4.79 Å². The Bertz CT molecular complexity index is 805. The Morgan fingerprint density at radius 1 is 1.00 bits per heavy atom. The fraction of sp³-hybridized carbons (Fsp3) is 0.111. The lowest BCUT2D eigenvalue weighted by Crippen LogP contribution is -2.13. The minimum atomic E-state index is -0.136. The number of nitrogens with one attached hydrogen (secondary N) is 1. The molecule has 0 unspecified atom stereocenters. The van der Waals surface area contributed by atoms with Crippen molar-refractivity contribution < 1.29 is 4.79 Å². The Hall–Kier alpha value is -2.88. The van der Waals surface area contributed by atoms with E-state index < -0.39 is 0 Å². The lowest BCUT2D eigenvalue weighted by atomic mass is 10.1. The Balaban J connectivity index is 1.87. The van der Waals surface area contributed by atoms with Crippen LogP contribution in [0.5, 0.6) is 0 Å². The molecule has 3 aromatic rings. The van der Waals surface area contributed by atoms with Crippen LogP contribution in [0.25, 0.3) is 10.9 Å². The molecule has 1 heterocycles. The maximum Gasteiger partial charge on any atom is 0.255 e. The highest BCUT2D eigenvalue weighted by Crippen LogP contribution is 2.21. The lowest BCUT2D eigenvalue weighted by Gasteiger charge is -2.13. The average molecular weight is 291 g/mol. The number of para-hydroxylation sites is 1. The molecule has 0 atom stereocenters. The normalized spacial score (nSPS) is 10.5. The molecule has 1 aromatic heterocycles. The summed E-state index contributed by atoms with van der Waals surface area (Å²) >= 11 is 0. The van der Waals surface area contributed by atoms with Gasteiger partial charge in [0.05, 0.1) is 11.2 Å². The van der Waals surface area contributed by atoms with Gasteiger partial charge in [-0.3, -0.25) is 9.78 Å². The van der Waals surface area contributed by atoms with Crippen LogP contribution in [0.4, 0.5) is 11.4 Å². The Morgan fingerprint density at radius 3 is 2.45 bits per heavy atom. The van der Waals surface area contributed by atoms with E-state index in [1.807, 2.05) is 73.6 Å². The summed E-state index contributed by atoms with van der Waals surface area (Å²) in [5.74, 6) is -0.136. The Kier molecular flexibility index (Phi) is 3.74. The number of fused-ring (bicyclic) bond motifs is 1. The van der Waals surface area contributed by atoms with Crippen LogP contribution < -0.4 is 10.2 Å². The predicted octanol–water partition coefficient (Wildman–Crippen LogP) is 3.55. The zero-order chi connectivity index (χ0) is 15.5. The van der Waals surface area contributed by atoms with Crippen LogP contribution in [0.15, 0.2) is 60.8 Å². The van der Waals surface area contributed by atoms with Gasteiger partial charge in [-0.2, -0.15) is 0 Å². The number of carbonyl (C=O) groups excluding carboxylic acids is 1. The van der Waals surface area contributed by atoms with Crippen LogP contribution >= 0.6 is 0 Å². The third-order valence-electron chi connectivity index (χ3n) is 3.53. The summed E-state index contributed by atoms with van der Waals surface area (Å²) in [5, 5.41) is 3.94. The van der Waals surface area contributed by atoms with Gasteiger partial charge in [-0.25, -0.2) is 0 Å². The van der Waals surface area contributed by atoms with E-state index in [1.54, 1.807) is 6.20 Å². The molecule has 4 nitrogen and oxygen atoms in total. The van der Waals surface area contributed by atoms with Crippen molar-refractivity contribution in [1.82, 2.24) is 4.98 Å². The molecule has 0 bridgehead atoms. The number of benzene rings is 2. The zero-order valence-electron chi connectivity index (χ0n) is 12.6. The van der Waals surface area contributed by atoms with Crippen molar-refractivity contribution in [2.75, 3.05) is 24.3 Å². The highest BCUT2D eigenvalue weighted by molar-refractivity contribution is 6.08. The fourth-order valence-electron chi connectivity index (χ4n) is 2.31. The number of rotatable bonds is 3. The number of aromatic nitrogens is 1. The molecule has 0 radical (unpaired) electrons. The van der Waals surface area contributed by atoms with Crippen LogP contribution in [0.2, 0.25) is 0 Å². The first-order valence-corrected chi connectivity index (χ1v) is 7.07. The summed E-state index contributed by atoms with van der Waals surface area (Å²) in [6.45, 7) is 0. The van der Waals surface area contributed by atoms with Crippen molar-refractivity contribution in [3.05, 3.63) is 66.4 Å². The van der Waals surface area contributed by atoms with E-state index in [-0.39, 0.29) is 5.91 Å². The highest BCUT2D eigenvalue weighted by Gasteiger charge is 2.09. The topological polar surface area (TPSA) is 45.2 Å². The third kappa shape index (κ3) is 2.76. The first kappa shape index (κ1) is 14.1. The van der Waals surface area contributed by atoms with Crippen LogP contribution in [0, 0.1) is 0 Å². The van der Waals surface area contributed by atoms with Crippen LogP contribution in [-0.2, 0) is 0 Å². The van der Waals surface area contributed by atoms with E-state index in [0.29, 0.717) is 5.56 Å². The molecule has 22 heavy (non-hydrogen) atoms. The van der Waals surface area contributed by atoms with Gasteiger partial charge < -0.3 is 10.2 Å². The average Bonchev–Trinajstić information content (AvgIpc) is 2.55. The molecule has 0 saturated heterocycles. The lowest BCUT2D eigenvalue weighted by molar-refractivity contribution is 0.102. The number of anilines is 2. The van der Waals surface area contributed by atoms with E-state index in [2.05, 4.69) is 10.3 Å². The van der Waals surface area contributed by atoms with Gasteiger partial charge in [0.15, 0.2) is 0 Å². The SMILES string of the molecule is CN(C)c1ccc(C(=O)Nc2cccc3cccnc23)cc1. The first-order valence-electron chi connectivity index (χ1n) is 7.07. The van der Waals surface area contributed by atoms with Crippen molar-refractivity contribution in [2.45, 2.75) is 0 Å². The molecule has 2 aromatic carbocycles. The van der Waals surface area contributed by atoms with Crippen LogP contribution in [-0.4, -0.2) is 25.0 Å². The first-order chi connectivity index (χ1) is 10.6. The minimum absolute atomic E-state index is 0.136. The van der Waals surface area contributed by atoms with E-state index in [4.69, 9.17) is 0 Å². The van der Waals surface area contributed by atoms with Crippen molar-refractivity contribution >= 4 is 28.2 Å². The number of nitrogens with zero attached hydrogens (tertiary/aromatic N) is 2. The molecule has 0 spiro atoms. The van der Waals surface area contributed by atoms with Gasteiger partial charge in [0.1, 0.15) is 0 Å². The number of carbonyl (C=O) groups is 1. The maximum atomic E-state index is 12.4. The standard InChI is InChI=1S/C18H17N3O/c1-21(2)15-10-8-14(9-11-15)18(22)20-16-7-3-5-13-6-4-12-19-17(13)16/h3-12H,1-2H3,(H,20,22). The number of hydrogen-bond acceptors (Lipinski definition) is 3. The molecule has 1 amide bonds. The summed E-state index contributed by atoms with van der Waals surface area (Å²) < 4.78 is 0. The van der Waals surface area contributed by atoms with E-state index >= 15 is 0 Å². The van der Waals surface area contributed by atoms with Gasteiger partial charge in [-0.15, -0.1) is 0 Å². The predicted molar refractivity (Wildman–Crippen MR) is 90.5 cm³/mol. The van der Waals surface area contributed by atoms with Crippen LogP contribution in [0.3, 0.4) is 0 Å². The second-order valence-electron chi connectivity index (χ2n) is 5.28. The monoisotopic (exact) mass is 291 g/mol. The van der Waals surface area contributed by atoms with E-state index in [1.165, 1.54) is 0 Å². The van der Waals surface area contributed by atoms with Gasteiger partial charge >= 0.3 is 0 Å². The molecule has 110 valence electrons. The molecule has 0 aliphatic rings. The summed E-state index contributed by atoms with van der Waals surface area (Å²) in [7, 11) is 3.94. The molecule has 1 N–H and O–H groups in total. The van der Waals surface area contributed by atoms with Crippen molar-refractivity contribution in [1.29, 1.82) is 0 Å². The molecule has 4 heteroatoms. The second kappa shape index (κ2) is 5.85. The summed E-state index contributed by atoms with van der Waals surface area (Å²) in [6, 6.07) is 17.1. The maximum absolute atomic E-state index is 12.4. The fourth-order valence-corrected chi connectivity index (χ4v) is 2.31. The zero-order valence-corrected chi connectivity index (χ0v) is 12.6. The second-order valence-corrected chi connectivity index (χ2v) is 5.28. The quantitative estimate of drug-likeness (QED) is 0.802. The third-order valence-corrected chi connectivity index (χ3v) is 3.53. The van der Waals surface area contributed by atoms with E-state index in [0.717, 1.165) is 22.3 Å². The molecular formula is C18H17N3O. The van der Waals surface area contributed by atoms with Gasteiger partial charge in [-0.05, 0) is 36.4 Å². The summed E-state index contributed by atoms with van der Waals surface area (Å²) in [5.41, 5.74) is 3.20. The Labute approximate surface area is 129 Å². The number of pyridine rings is 1. The minimum Gasteiger partial charge on any atom is -0.378 e. The smallest absolute Gasteiger partial charge is 0.255 e. The molecular weight excluding hydrogens is 274 g/mol. The largest absolute Gasteiger partial charge is 0.378 e. The van der Waals surface area contributed by atoms with Gasteiger partial charge in [-0.1, -0.05) is 18.2 Å². The molecule has 0 saturated carbocycles. The highest BCUT2D eigenvalue weighted by atomic mass is 16.1. The molecule has 0 aliphatic heterocycles. The molecule has 0 aliphatic carbocycles. The van der Waals surface area contributed by atoms with Gasteiger partial charge in [0, 0.05) is 36.9 Å². The number of amides is 1.